The van der Waals surface area contributed by atoms with Crippen LogP contribution < -0.4 is 20.7 Å². The van der Waals surface area contributed by atoms with E-state index in [1.807, 2.05) is 58.0 Å². The summed E-state index contributed by atoms with van der Waals surface area (Å²) < 4.78 is 16.0. The van der Waals surface area contributed by atoms with Crippen LogP contribution in [0.5, 0.6) is 11.5 Å². The number of fused-ring (bicyclic) bond motifs is 1. The van der Waals surface area contributed by atoms with Crippen molar-refractivity contribution in [1.82, 2.24) is 18.7 Å². The molecule has 0 fully saturated rings. The van der Waals surface area contributed by atoms with Gasteiger partial charge in [0.2, 0.25) is 0 Å². The van der Waals surface area contributed by atoms with E-state index in [9.17, 15) is 9.59 Å². The van der Waals surface area contributed by atoms with Crippen LogP contribution in [0.3, 0.4) is 0 Å². The summed E-state index contributed by atoms with van der Waals surface area (Å²) in [4.78, 5) is 30.6. The third-order valence-electron chi connectivity index (χ3n) is 5.16. The summed E-state index contributed by atoms with van der Waals surface area (Å²) in [5.41, 5.74) is 1.19. The lowest BCUT2D eigenvalue weighted by Crippen LogP contribution is -2.40. The Balaban J connectivity index is 2.09. The minimum atomic E-state index is -0.298. The molecule has 8 nitrogen and oxygen atoms in total. The molecule has 0 saturated heterocycles. The van der Waals surface area contributed by atoms with Gasteiger partial charge >= 0.3 is 5.69 Å². The smallest absolute Gasteiger partial charge is 0.332 e. The molecule has 0 N–H and O–H groups in total. The van der Waals surface area contributed by atoms with Crippen molar-refractivity contribution in [2.24, 2.45) is 7.05 Å². The topological polar surface area (TPSA) is 80.3 Å². The highest BCUT2D eigenvalue weighted by Gasteiger charge is 2.18. The van der Waals surface area contributed by atoms with Crippen molar-refractivity contribution in [3.63, 3.8) is 0 Å². The molecule has 0 atom stereocenters. The molecule has 2 aromatic heterocycles. The van der Waals surface area contributed by atoms with Gasteiger partial charge in [-0.3, -0.25) is 13.9 Å². The lowest BCUT2D eigenvalue weighted by Gasteiger charge is -2.11. The Labute approximate surface area is 187 Å². The van der Waals surface area contributed by atoms with Crippen LogP contribution in [0.1, 0.15) is 51.9 Å². The molecule has 0 spiro atoms. The van der Waals surface area contributed by atoms with Crippen molar-refractivity contribution in [3.05, 3.63) is 50.4 Å². The van der Waals surface area contributed by atoms with Gasteiger partial charge in [0.05, 0.1) is 13.2 Å². The summed E-state index contributed by atoms with van der Waals surface area (Å²) in [5.74, 6) is 1.98. The number of imidazole rings is 1. The zero-order valence-corrected chi connectivity index (χ0v) is 19.6. The SMILES string of the molecule is CCCn1c(=O)c2c(nc(/C=C/c3ccc(OCC)c(OCC)c3)n2C)n(CCC)c1=O. The molecule has 0 aliphatic carbocycles. The summed E-state index contributed by atoms with van der Waals surface area (Å²) >= 11 is 0. The van der Waals surface area contributed by atoms with Gasteiger partial charge in [-0.1, -0.05) is 26.0 Å². The van der Waals surface area contributed by atoms with Crippen LogP contribution in [0, 0.1) is 0 Å². The second-order valence-electron chi connectivity index (χ2n) is 7.50. The maximum Gasteiger partial charge on any atom is 0.332 e. The van der Waals surface area contributed by atoms with Crippen molar-refractivity contribution < 1.29 is 9.47 Å². The average Bonchev–Trinajstić information content (AvgIpc) is 3.11. The third-order valence-corrected chi connectivity index (χ3v) is 5.16. The molecule has 8 heteroatoms. The van der Waals surface area contributed by atoms with Gasteiger partial charge in [0.25, 0.3) is 5.56 Å². The van der Waals surface area contributed by atoms with Crippen LogP contribution in [-0.4, -0.2) is 31.9 Å². The normalized spacial score (nSPS) is 11.5. The van der Waals surface area contributed by atoms with Crippen molar-refractivity contribution in [1.29, 1.82) is 0 Å². The molecule has 0 amide bonds. The van der Waals surface area contributed by atoms with Crippen LogP contribution in [0.15, 0.2) is 27.8 Å². The number of ether oxygens (including phenoxy) is 2. The van der Waals surface area contributed by atoms with E-state index in [0.717, 1.165) is 12.0 Å². The average molecular weight is 441 g/mol. The summed E-state index contributed by atoms with van der Waals surface area (Å²) in [5, 5.41) is 0. The second-order valence-corrected chi connectivity index (χ2v) is 7.50. The van der Waals surface area contributed by atoms with Crippen LogP contribution in [0.25, 0.3) is 23.3 Å². The number of hydrogen-bond donors (Lipinski definition) is 0. The highest BCUT2D eigenvalue weighted by Crippen LogP contribution is 2.29. The Bertz CT molecular complexity index is 1230. The molecular weight excluding hydrogens is 408 g/mol. The highest BCUT2D eigenvalue weighted by atomic mass is 16.5. The lowest BCUT2D eigenvalue weighted by molar-refractivity contribution is 0.287. The van der Waals surface area contributed by atoms with E-state index in [1.165, 1.54) is 4.57 Å². The second kappa shape index (κ2) is 10.3. The summed E-state index contributed by atoms with van der Waals surface area (Å²) in [6.07, 6.45) is 5.23. The van der Waals surface area contributed by atoms with Crippen LogP contribution in [0.4, 0.5) is 0 Å². The van der Waals surface area contributed by atoms with Crippen LogP contribution in [0.2, 0.25) is 0 Å². The van der Waals surface area contributed by atoms with Gasteiger partial charge in [-0.05, 0) is 50.5 Å². The predicted molar refractivity (Wildman–Crippen MR) is 128 cm³/mol. The Kier molecular flexibility index (Phi) is 7.56. The largest absolute Gasteiger partial charge is 0.490 e. The van der Waals surface area contributed by atoms with Gasteiger partial charge in [-0.25, -0.2) is 9.78 Å². The lowest BCUT2D eigenvalue weighted by atomic mass is 10.2. The maximum absolute atomic E-state index is 13.1. The maximum atomic E-state index is 13.1. The number of benzene rings is 1. The first-order chi connectivity index (χ1) is 15.5. The first-order valence-electron chi connectivity index (χ1n) is 11.2. The summed E-state index contributed by atoms with van der Waals surface area (Å²) in [7, 11) is 1.80. The van der Waals surface area contributed by atoms with Gasteiger partial charge in [0.1, 0.15) is 5.82 Å². The molecule has 0 radical (unpaired) electrons. The predicted octanol–water partition coefficient (Wildman–Crippen LogP) is 3.68. The van der Waals surface area contributed by atoms with Crippen molar-refractivity contribution in [3.8, 4) is 11.5 Å². The van der Waals surface area contributed by atoms with Gasteiger partial charge in [0, 0.05) is 20.1 Å². The van der Waals surface area contributed by atoms with E-state index < -0.39 is 0 Å². The first-order valence-corrected chi connectivity index (χ1v) is 11.2. The number of aromatic nitrogens is 4. The molecule has 0 aliphatic rings. The Hall–Kier alpha value is -3.29. The molecule has 32 heavy (non-hydrogen) atoms. The minimum absolute atomic E-state index is 0.298. The molecule has 0 unspecified atom stereocenters. The molecular formula is C24H32N4O4. The van der Waals surface area contributed by atoms with E-state index in [0.29, 0.717) is 61.2 Å². The minimum Gasteiger partial charge on any atom is -0.490 e. The van der Waals surface area contributed by atoms with Crippen LogP contribution >= 0.6 is 0 Å². The molecule has 3 aromatic rings. The standard InChI is InChI=1S/C24H32N4O4/c1-6-14-27-22-21(23(29)28(15-7-2)24(27)30)26(5)20(25-22)13-11-17-10-12-18(31-8-3)19(16-17)32-9-4/h10-13,16H,6-9,14-15H2,1-5H3/b13-11+. The third kappa shape index (κ3) is 4.49. The van der Waals surface area contributed by atoms with Crippen molar-refractivity contribution >= 4 is 23.3 Å². The van der Waals surface area contributed by atoms with Gasteiger partial charge in [-0.15, -0.1) is 0 Å². The zero-order valence-electron chi connectivity index (χ0n) is 19.6. The van der Waals surface area contributed by atoms with Crippen LogP contribution in [-0.2, 0) is 20.1 Å². The number of aryl methyl sites for hydroxylation is 2. The van der Waals surface area contributed by atoms with Gasteiger partial charge < -0.3 is 14.0 Å². The fraction of sp³-hybridized carbons (Fsp3) is 0.458. The molecule has 3 rings (SSSR count). The molecule has 172 valence electrons. The van der Waals surface area contributed by atoms with Crippen molar-refractivity contribution in [2.75, 3.05) is 13.2 Å². The summed E-state index contributed by atoms with van der Waals surface area (Å²) in [6.45, 7) is 9.81. The van der Waals surface area contributed by atoms with E-state index in [1.54, 1.807) is 16.2 Å². The van der Waals surface area contributed by atoms with E-state index in [-0.39, 0.29) is 11.2 Å². The van der Waals surface area contributed by atoms with Gasteiger partial charge in [-0.2, -0.15) is 0 Å². The number of hydrogen-bond acceptors (Lipinski definition) is 5. The first kappa shape index (κ1) is 23.4. The van der Waals surface area contributed by atoms with E-state index in [4.69, 9.17) is 9.47 Å². The van der Waals surface area contributed by atoms with Gasteiger partial charge in [0.15, 0.2) is 22.7 Å². The molecule has 2 heterocycles. The Morgan fingerprint density at radius 1 is 0.906 bits per heavy atom. The molecule has 1 aromatic carbocycles. The van der Waals surface area contributed by atoms with Crippen molar-refractivity contribution in [2.45, 2.75) is 53.6 Å². The fourth-order valence-corrected chi connectivity index (χ4v) is 3.72. The monoisotopic (exact) mass is 440 g/mol. The summed E-state index contributed by atoms with van der Waals surface area (Å²) in [6, 6.07) is 5.73. The van der Waals surface area contributed by atoms with E-state index >= 15 is 0 Å². The Morgan fingerprint density at radius 3 is 2.22 bits per heavy atom. The highest BCUT2D eigenvalue weighted by molar-refractivity contribution is 5.77. The molecule has 0 aliphatic heterocycles. The molecule has 0 bridgehead atoms. The quantitative estimate of drug-likeness (QED) is 0.480. The Morgan fingerprint density at radius 2 is 1.56 bits per heavy atom. The zero-order chi connectivity index (χ0) is 23.3. The van der Waals surface area contributed by atoms with E-state index in [2.05, 4.69) is 4.98 Å². The number of rotatable bonds is 10. The fourth-order valence-electron chi connectivity index (χ4n) is 3.72. The molecule has 0 saturated carbocycles. The number of nitrogens with zero attached hydrogens (tertiary/aromatic N) is 4.